The van der Waals surface area contributed by atoms with Gasteiger partial charge in [0.15, 0.2) is 0 Å². The third kappa shape index (κ3) is 3.27. The zero-order chi connectivity index (χ0) is 17.3. The van der Waals surface area contributed by atoms with Gasteiger partial charge in [0.05, 0.1) is 6.04 Å². The maximum atomic E-state index is 12.7. The van der Waals surface area contributed by atoms with Crippen LogP contribution in [0, 0.1) is 5.41 Å². The van der Waals surface area contributed by atoms with Crippen LogP contribution < -0.4 is 16.4 Å². The molecule has 1 aromatic carbocycles. The van der Waals surface area contributed by atoms with E-state index in [0.717, 1.165) is 51.7 Å². The van der Waals surface area contributed by atoms with Gasteiger partial charge in [-0.25, -0.2) is 4.79 Å². The molecule has 1 heterocycles. The Balaban J connectivity index is 1.51. The molecule has 25 heavy (non-hydrogen) atoms. The van der Waals surface area contributed by atoms with Crippen molar-refractivity contribution in [1.29, 1.82) is 0 Å². The Hall–Kier alpha value is -1.59. The van der Waals surface area contributed by atoms with Crippen molar-refractivity contribution in [2.24, 2.45) is 11.1 Å². The second kappa shape index (κ2) is 6.96. The van der Waals surface area contributed by atoms with Crippen LogP contribution in [0.4, 0.5) is 4.79 Å². The minimum atomic E-state index is -0.0741. The molecule has 2 fully saturated rings. The van der Waals surface area contributed by atoms with E-state index in [1.54, 1.807) is 0 Å². The number of carbonyl (C=O) groups is 1. The van der Waals surface area contributed by atoms with E-state index < -0.39 is 0 Å². The van der Waals surface area contributed by atoms with Crippen LogP contribution in [0.25, 0.3) is 0 Å². The zero-order valence-corrected chi connectivity index (χ0v) is 14.8. The first-order valence-corrected chi connectivity index (χ1v) is 9.66. The largest absolute Gasteiger partial charge is 0.381 e. The van der Waals surface area contributed by atoms with Gasteiger partial charge in [-0.3, -0.25) is 0 Å². The molecule has 2 aliphatic carbocycles. The summed E-state index contributed by atoms with van der Waals surface area (Å²) >= 11 is 0. The Kier molecular flexibility index (Phi) is 4.69. The van der Waals surface area contributed by atoms with Crippen molar-refractivity contribution >= 4 is 6.03 Å². The second-order valence-electron chi connectivity index (χ2n) is 7.96. The molecule has 5 nitrogen and oxygen atoms in total. The van der Waals surface area contributed by atoms with Gasteiger partial charge in [-0.05, 0) is 43.2 Å². The number of carbonyl (C=O) groups excluding carboxylic acids is 1. The highest BCUT2D eigenvalue weighted by Gasteiger charge is 2.47. The Bertz CT molecular complexity index is 627. The lowest BCUT2D eigenvalue weighted by Gasteiger charge is -2.40. The number of urea groups is 1. The summed E-state index contributed by atoms with van der Waals surface area (Å²) in [6.45, 7) is 1.56. The second-order valence-corrected chi connectivity index (χ2v) is 7.96. The molecule has 2 amide bonds. The molecule has 1 aromatic rings. The smallest absolute Gasteiger partial charge is 0.315 e. The van der Waals surface area contributed by atoms with Crippen LogP contribution in [0.5, 0.6) is 0 Å². The van der Waals surface area contributed by atoms with Gasteiger partial charge in [0.2, 0.25) is 0 Å². The highest BCUT2D eigenvalue weighted by Crippen LogP contribution is 2.51. The molecule has 136 valence electrons. The molecule has 1 unspecified atom stereocenters. The Labute approximate surface area is 149 Å². The highest BCUT2D eigenvalue weighted by molar-refractivity contribution is 5.75. The number of nitrogens with one attached hydrogen (secondary N) is 2. The number of nitrogens with two attached hydrogens (primary N) is 1. The van der Waals surface area contributed by atoms with Gasteiger partial charge in [-0.15, -0.1) is 0 Å². The normalized spacial score (nSPS) is 30.7. The van der Waals surface area contributed by atoms with Crippen LogP contribution in [0.1, 0.15) is 55.7 Å². The average Bonchev–Trinajstić information content (AvgIpc) is 2.91. The van der Waals surface area contributed by atoms with Crippen molar-refractivity contribution < 1.29 is 9.53 Å². The molecular weight excluding hydrogens is 314 g/mol. The first-order chi connectivity index (χ1) is 12.2. The Morgan fingerprint density at radius 2 is 1.88 bits per heavy atom. The van der Waals surface area contributed by atoms with Crippen LogP contribution in [-0.2, 0) is 11.2 Å². The number of ether oxygens (including phenoxy) is 1. The molecular formula is C20H29N3O2. The summed E-state index contributed by atoms with van der Waals surface area (Å²) in [7, 11) is 0. The quantitative estimate of drug-likeness (QED) is 0.773. The molecule has 1 aliphatic heterocycles. The molecule has 0 radical (unpaired) electrons. The maximum absolute atomic E-state index is 12.7. The maximum Gasteiger partial charge on any atom is 0.315 e. The van der Waals surface area contributed by atoms with Crippen LogP contribution in [-0.4, -0.2) is 31.3 Å². The summed E-state index contributed by atoms with van der Waals surface area (Å²) in [6.07, 6.45) is 7.31. The third-order valence-corrected chi connectivity index (χ3v) is 6.42. The Morgan fingerprint density at radius 1 is 1.12 bits per heavy atom. The minimum absolute atomic E-state index is 0.0624. The number of fused-ring (bicyclic) bond motifs is 1. The van der Waals surface area contributed by atoms with Crippen molar-refractivity contribution in [2.75, 3.05) is 13.2 Å². The first-order valence-electron chi connectivity index (χ1n) is 9.66. The molecule has 5 heteroatoms. The number of hydrogen-bond donors (Lipinski definition) is 3. The Morgan fingerprint density at radius 3 is 2.68 bits per heavy atom. The van der Waals surface area contributed by atoms with Gasteiger partial charge >= 0.3 is 6.03 Å². The van der Waals surface area contributed by atoms with Crippen LogP contribution >= 0.6 is 0 Å². The lowest BCUT2D eigenvalue weighted by molar-refractivity contribution is 0.00204. The van der Waals surface area contributed by atoms with Gasteiger partial charge in [0.25, 0.3) is 0 Å². The monoisotopic (exact) mass is 343 g/mol. The van der Waals surface area contributed by atoms with E-state index in [2.05, 4.69) is 34.9 Å². The SMILES string of the molecule is N[C@@H]1CCCC[C@H]1NC(=O)NC1c2ccccc2CC12CCOCC2. The van der Waals surface area contributed by atoms with Crippen molar-refractivity contribution in [2.45, 2.75) is 63.1 Å². The van der Waals surface area contributed by atoms with Crippen LogP contribution in [0.15, 0.2) is 24.3 Å². The van der Waals surface area contributed by atoms with Gasteiger partial charge in [0.1, 0.15) is 0 Å². The number of hydrogen-bond acceptors (Lipinski definition) is 3. The van der Waals surface area contributed by atoms with Gasteiger partial charge in [-0.2, -0.15) is 0 Å². The fourth-order valence-electron chi connectivity index (χ4n) is 4.94. The molecule has 4 rings (SSSR count). The van der Waals surface area contributed by atoms with E-state index >= 15 is 0 Å². The predicted molar refractivity (Wildman–Crippen MR) is 97.3 cm³/mol. The molecule has 0 aromatic heterocycles. The first kappa shape index (κ1) is 16.9. The van der Waals surface area contributed by atoms with E-state index in [-0.39, 0.29) is 29.6 Å². The standard InChI is InChI=1S/C20H29N3O2/c21-16-7-3-4-8-17(16)22-19(24)23-18-15-6-2-1-5-14(15)13-20(18)9-11-25-12-10-20/h1-2,5-6,16-18H,3-4,7-13,21H2,(H2,22,23,24)/t16-,17-,18?/m1/s1. The number of amides is 2. The minimum Gasteiger partial charge on any atom is -0.381 e. The van der Waals surface area contributed by atoms with Gasteiger partial charge < -0.3 is 21.1 Å². The third-order valence-electron chi connectivity index (χ3n) is 6.42. The fourth-order valence-corrected chi connectivity index (χ4v) is 4.94. The highest BCUT2D eigenvalue weighted by atomic mass is 16.5. The molecule has 1 saturated carbocycles. The molecule has 3 aliphatic rings. The lowest BCUT2D eigenvalue weighted by Crippen LogP contribution is -2.54. The van der Waals surface area contributed by atoms with Crippen LogP contribution in [0.3, 0.4) is 0 Å². The molecule has 1 saturated heterocycles. The fraction of sp³-hybridized carbons (Fsp3) is 0.650. The van der Waals surface area contributed by atoms with Gasteiger partial charge in [-0.1, -0.05) is 37.1 Å². The summed E-state index contributed by atoms with van der Waals surface area (Å²) in [5.41, 5.74) is 8.92. The zero-order valence-electron chi connectivity index (χ0n) is 14.8. The van der Waals surface area contributed by atoms with E-state index in [0.29, 0.717) is 0 Å². The van der Waals surface area contributed by atoms with Crippen molar-refractivity contribution in [1.82, 2.24) is 10.6 Å². The topological polar surface area (TPSA) is 76.4 Å². The summed E-state index contributed by atoms with van der Waals surface area (Å²) in [5.74, 6) is 0. The van der Waals surface area contributed by atoms with Crippen molar-refractivity contribution in [3.63, 3.8) is 0 Å². The van der Waals surface area contributed by atoms with Crippen LogP contribution in [0.2, 0.25) is 0 Å². The number of rotatable bonds is 2. The summed E-state index contributed by atoms with van der Waals surface area (Å²) in [4.78, 5) is 12.7. The molecule has 0 bridgehead atoms. The van der Waals surface area contributed by atoms with E-state index in [9.17, 15) is 4.79 Å². The van der Waals surface area contributed by atoms with E-state index in [4.69, 9.17) is 10.5 Å². The van der Waals surface area contributed by atoms with E-state index in [1.165, 1.54) is 17.5 Å². The van der Waals surface area contributed by atoms with E-state index in [1.807, 2.05) is 0 Å². The average molecular weight is 343 g/mol. The van der Waals surface area contributed by atoms with Crippen molar-refractivity contribution in [3.8, 4) is 0 Å². The van der Waals surface area contributed by atoms with Crippen molar-refractivity contribution in [3.05, 3.63) is 35.4 Å². The summed E-state index contributed by atoms with van der Waals surface area (Å²) < 4.78 is 5.60. The molecule has 1 spiro atoms. The summed E-state index contributed by atoms with van der Waals surface area (Å²) in [6, 6.07) is 8.68. The lowest BCUT2D eigenvalue weighted by atomic mass is 9.74. The molecule has 4 N–H and O–H groups in total. The predicted octanol–water partition coefficient (Wildman–Crippen LogP) is 2.65. The number of benzene rings is 1. The summed E-state index contributed by atoms with van der Waals surface area (Å²) in [5, 5.41) is 6.44. The molecule has 3 atom stereocenters. The van der Waals surface area contributed by atoms with Gasteiger partial charge in [0, 0.05) is 30.7 Å².